The van der Waals surface area contributed by atoms with Crippen LogP contribution in [0.3, 0.4) is 0 Å². The Labute approximate surface area is 101 Å². The average molecular weight is 230 g/mol. The van der Waals surface area contributed by atoms with E-state index in [1.165, 1.54) is 11.3 Å². The van der Waals surface area contributed by atoms with Crippen molar-refractivity contribution in [1.29, 1.82) is 0 Å². The minimum atomic E-state index is 0.546. The van der Waals surface area contributed by atoms with Gasteiger partial charge in [0.25, 0.3) is 0 Å². The van der Waals surface area contributed by atoms with E-state index in [0.717, 1.165) is 24.2 Å². The zero-order valence-electron chi connectivity index (χ0n) is 10.6. The molecule has 0 saturated heterocycles. The summed E-state index contributed by atoms with van der Waals surface area (Å²) >= 11 is 0. The Morgan fingerprint density at radius 2 is 2.12 bits per heavy atom. The van der Waals surface area contributed by atoms with Gasteiger partial charge in [-0.15, -0.1) is 0 Å². The Morgan fingerprint density at radius 1 is 1.35 bits per heavy atom. The minimum absolute atomic E-state index is 0.546. The molecule has 2 aromatic heterocycles. The molecule has 2 heterocycles. The lowest BCUT2D eigenvalue weighted by atomic mass is 10.1. The van der Waals surface area contributed by atoms with Crippen molar-refractivity contribution in [2.45, 2.75) is 33.7 Å². The number of pyridine rings is 1. The Kier molecular flexibility index (Phi) is 3.13. The molecule has 0 aliphatic carbocycles. The maximum Gasteiger partial charge on any atom is 0.123 e. The van der Waals surface area contributed by atoms with E-state index in [1.54, 1.807) is 6.20 Å². The van der Waals surface area contributed by atoms with Crippen molar-refractivity contribution in [1.82, 2.24) is 14.8 Å². The molecule has 0 saturated carbocycles. The summed E-state index contributed by atoms with van der Waals surface area (Å²) in [6.07, 6.45) is 2.82. The summed E-state index contributed by atoms with van der Waals surface area (Å²) in [5.74, 6) is 0.546. The molecular formula is C13H18N4. The van der Waals surface area contributed by atoms with Crippen molar-refractivity contribution in [2.75, 3.05) is 5.73 Å². The summed E-state index contributed by atoms with van der Waals surface area (Å²) in [5, 5.41) is 4.56. The zero-order valence-corrected chi connectivity index (χ0v) is 10.6. The lowest BCUT2D eigenvalue weighted by molar-refractivity contribution is 0.583. The van der Waals surface area contributed by atoms with Crippen LogP contribution in [0.2, 0.25) is 0 Å². The maximum absolute atomic E-state index is 5.72. The van der Waals surface area contributed by atoms with Crippen molar-refractivity contribution < 1.29 is 0 Å². The SMILES string of the molecule is CCCn1nc(C)c(-c2ccnc(N)c2)c1C. The third-order valence-electron chi connectivity index (χ3n) is 2.89. The molecule has 0 bridgehead atoms. The van der Waals surface area contributed by atoms with Crippen LogP contribution in [-0.2, 0) is 6.54 Å². The Hall–Kier alpha value is -1.84. The topological polar surface area (TPSA) is 56.7 Å². The molecule has 2 rings (SSSR count). The minimum Gasteiger partial charge on any atom is -0.384 e. The van der Waals surface area contributed by atoms with Crippen LogP contribution >= 0.6 is 0 Å². The van der Waals surface area contributed by atoms with Gasteiger partial charge < -0.3 is 5.73 Å². The zero-order chi connectivity index (χ0) is 12.4. The molecule has 90 valence electrons. The smallest absolute Gasteiger partial charge is 0.123 e. The van der Waals surface area contributed by atoms with Crippen molar-refractivity contribution in [3.63, 3.8) is 0 Å². The highest BCUT2D eigenvalue weighted by Gasteiger charge is 2.13. The van der Waals surface area contributed by atoms with Gasteiger partial charge in [-0.25, -0.2) is 4.98 Å². The van der Waals surface area contributed by atoms with Crippen LogP contribution in [0, 0.1) is 13.8 Å². The van der Waals surface area contributed by atoms with Crippen molar-refractivity contribution >= 4 is 5.82 Å². The van der Waals surface area contributed by atoms with Gasteiger partial charge in [-0.3, -0.25) is 4.68 Å². The second-order valence-electron chi connectivity index (χ2n) is 4.24. The molecule has 0 aliphatic rings. The number of anilines is 1. The first kappa shape index (κ1) is 11.6. The van der Waals surface area contributed by atoms with Gasteiger partial charge in [0.2, 0.25) is 0 Å². The molecule has 2 aromatic rings. The van der Waals surface area contributed by atoms with E-state index in [0.29, 0.717) is 5.82 Å². The second-order valence-corrected chi connectivity index (χ2v) is 4.24. The number of nitrogens with two attached hydrogens (primary N) is 1. The van der Waals surface area contributed by atoms with Gasteiger partial charge in [0.1, 0.15) is 5.82 Å². The summed E-state index contributed by atoms with van der Waals surface area (Å²) in [5.41, 5.74) is 10.2. The van der Waals surface area contributed by atoms with Crippen LogP contribution in [0.25, 0.3) is 11.1 Å². The molecule has 0 atom stereocenters. The van der Waals surface area contributed by atoms with Crippen LogP contribution in [-0.4, -0.2) is 14.8 Å². The van der Waals surface area contributed by atoms with E-state index in [1.807, 2.05) is 19.1 Å². The molecule has 0 spiro atoms. The van der Waals surface area contributed by atoms with Gasteiger partial charge in [-0.1, -0.05) is 6.92 Å². The van der Waals surface area contributed by atoms with E-state index in [2.05, 4.69) is 28.6 Å². The van der Waals surface area contributed by atoms with E-state index in [9.17, 15) is 0 Å². The van der Waals surface area contributed by atoms with Gasteiger partial charge in [-0.05, 0) is 38.0 Å². The molecular weight excluding hydrogens is 212 g/mol. The third kappa shape index (κ3) is 2.16. The van der Waals surface area contributed by atoms with Crippen LogP contribution in [0.4, 0.5) is 5.82 Å². The van der Waals surface area contributed by atoms with E-state index in [-0.39, 0.29) is 0 Å². The highest BCUT2D eigenvalue weighted by atomic mass is 15.3. The predicted octanol–water partition coefficient (Wildman–Crippen LogP) is 2.55. The molecule has 0 aromatic carbocycles. The van der Waals surface area contributed by atoms with Gasteiger partial charge in [-0.2, -0.15) is 5.10 Å². The molecule has 4 nitrogen and oxygen atoms in total. The molecule has 0 radical (unpaired) electrons. The number of aromatic nitrogens is 3. The summed E-state index contributed by atoms with van der Waals surface area (Å²) < 4.78 is 2.06. The number of nitrogen functional groups attached to an aromatic ring is 1. The molecule has 4 heteroatoms. The number of aryl methyl sites for hydroxylation is 2. The number of rotatable bonds is 3. The highest BCUT2D eigenvalue weighted by Crippen LogP contribution is 2.27. The fraction of sp³-hybridized carbons (Fsp3) is 0.385. The monoisotopic (exact) mass is 230 g/mol. The highest BCUT2D eigenvalue weighted by molar-refractivity contribution is 5.70. The van der Waals surface area contributed by atoms with Gasteiger partial charge in [0, 0.05) is 24.0 Å². The molecule has 2 N–H and O–H groups in total. The van der Waals surface area contributed by atoms with E-state index in [4.69, 9.17) is 5.73 Å². The molecule has 0 aliphatic heterocycles. The average Bonchev–Trinajstić information content (AvgIpc) is 2.55. The predicted molar refractivity (Wildman–Crippen MR) is 69.6 cm³/mol. The molecule has 0 fully saturated rings. The van der Waals surface area contributed by atoms with Crippen molar-refractivity contribution in [2.24, 2.45) is 0 Å². The molecule has 17 heavy (non-hydrogen) atoms. The van der Waals surface area contributed by atoms with Crippen LogP contribution in [0.15, 0.2) is 18.3 Å². The van der Waals surface area contributed by atoms with Gasteiger partial charge >= 0.3 is 0 Å². The number of hydrogen-bond donors (Lipinski definition) is 1. The lowest BCUT2D eigenvalue weighted by Gasteiger charge is -2.04. The van der Waals surface area contributed by atoms with Crippen LogP contribution in [0.5, 0.6) is 0 Å². The van der Waals surface area contributed by atoms with Crippen LogP contribution < -0.4 is 5.73 Å². The van der Waals surface area contributed by atoms with Gasteiger partial charge in [0.15, 0.2) is 0 Å². The quantitative estimate of drug-likeness (QED) is 0.881. The third-order valence-corrected chi connectivity index (χ3v) is 2.89. The maximum atomic E-state index is 5.72. The fourth-order valence-corrected chi connectivity index (χ4v) is 2.15. The largest absolute Gasteiger partial charge is 0.384 e. The fourth-order valence-electron chi connectivity index (χ4n) is 2.15. The Morgan fingerprint density at radius 3 is 2.76 bits per heavy atom. The standard InChI is InChI=1S/C13H18N4/c1-4-7-17-10(3)13(9(2)16-17)11-5-6-15-12(14)8-11/h5-6,8H,4,7H2,1-3H3,(H2,14,15). The van der Waals surface area contributed by atoms with Crippen molar-refractivity contribution in [3.05, 3.63) is 29.7 Å². The lowest BCUT2D eigenvalue weighted by Crippen LogP contribution is -2.01. The van der Waals surface area contributed by atoms with E-state index < -0.39 is 0 Å². The molecule has 0 amide bonds. The normalized spacial score (nSPS) is 10.8. The Balaban J connectivity index is 2.52. The first-order valence-corrected chi connectivity index (χ1v) is 5.89. The molecule has 0 unspecified atom stereocenters. The first-order chi connectivity index (χ1) is 8.13. The second kappa shape index (κ2) is 4.57. The summed E-state index contributed by atoms with van der Waals surface area (Å²) in [6.45, 7) is 7.24. The van der Waals surface area contributed by atoms with Gasteiger partial charge in [0.05, 0.1) is 5.69 Å². The first-order valence-electron chi connectivity index (χ1n) is 5.89. The summed E-state index contributed by atoms with van der Waals surface area (Å²) in [4.78, 5) is 4.02. The summed E-state index contributed by atoms with van der Waals surface area (Å²) in [6, 6.07) is 3.87. The number of hydrogen-bond acceptors (Lipinski definition) is 3. The summed E-state index contributed by atoms with van der Waals surface area (Å²) in [7, 11) is 0. The Bertz CT molecular complexity index is 528. The van der Waals surface area contributed by atoms with Crippen molar-refractivity contribution in [3.8, 4) is 11.1 Å². The van der Waals surface area contributed by atoms with E-state index >= 15 is 0 Å². The number of nitrogens with zero attached hydrogens (tertiary/aromatic N) is 3. The van der Waals surface area contributed by atoms with Crippen LogP contribution in [0.1, 0.15) is 24.7 Å².